The molecule has 0 fully saturated rings. The van der Waals surface area contributed by atoms with Crippen LogP contribution in [0.5, 0.6) is 0 Å². The summed E-state index contributed by atoms with van der Waals surface area (Å²) < 4.78 is 0. The maximum atomic E-state index is 10.7. The van der Waals surface area contributed by atoms with Crippen LogP contribution in [0.1, 0.15) is 0 Å². The first-order valence-electron chi connectivity index (χ1n) is 4.19. The summed E-state index contributed by atoms with van der Waals surface area (Å²) in [6, 6.07) is 4.06. The molecule has 0 radical (unpaired) electrons. The molecule has 1 rings (SSSR count). The Kier molecular flexibility index (Phi) is 4.20. The Morgan fingerprint density at radius 1 is 1.53 bits per heavy atom. The fraction of sp³-hybridized carbons (Fsp3) is 0.222. The third-order valence-electron chi connectivity index (χ3n) is 1.82. The van der Waals surface area contributed by atoms with E-state index in [2.05, 4.69) is 5.32 Å². The first-order chi connectivity index (χ1) is 7.06. The van der Waals surface area contributed by atoms with Crippen LogP contribution in [-0.2, 0) is 4.79 Å². The molecule has 4 N–H and O–H groups in total. The number of carboxylic acids is 1. The van der Waals surface area contributed by atoms with E-state index in [1.807, 2.05) is 0 Å². The molecule has 0 heterocycles. The van der Waals surface area contributed by atoms with Gasteiger partial charge in [-0.15, -0.1) is 0 Å². The van der Waals surface area contributed by atoms with Crippen LogP contribution < -0.4 is 11.1 Å². The SMILES string of the molecule is NCC(Nc1cccc(Cl)c1Cl)C(=O)O. The summed E-state index contributed by atoms with van der Waals surface area (Å²) in [6.45, 7) is -0.0296. The van der Waals surface area contributed by atoms with Crippen molar-refractivity contribution in [2.75, 3.05) is 11.9 Å². The van der Waals surface area contributed by atoms with Gasteiger partial charge in [0.15, 0.2) is 0 Å². The van der Waals surface area contributed by atoms with E-state index in [4.69, 9.17) is 34.0 Å². The van der Waals surface area contributed by atoms with Crippen LogP contribution in [0.4, 0.5) is 5.69 Å². The average molecular weight is 249 g/mol. The Hall–Kier alpha value is -0.970. The number of nitrogens with two attached hydrogens (primary N) is 1. The zero-order valence-electron chi connectivity index (χ0n) is 7.71. The summed E-state index contributed by atoms with van der Waals surface area (Å²) in [5.74, 6) is -1.03. The molecule has 0 aliphatic heterocycles. The molecule has 1 aromatic carbocycles. The lowest BCUT2D eigenvalue weighted by molar-refractivity contribution is -0.137. The second-order valence-corrected chi connectivity index (χ2v) is 3.66. The van der Waals surface area contributed by atoms with Crippen LogP contribution in [0.2, 0.25) is 10.0 Å². The topological polar surface area (TPSA) is 75.3 Å². The molecule has 0 amide bonds. The largest absolute Gasteiger partial charge is 0.480 e. The summed E-state index contributed by atoms with van der Waals surface area (Å²) >= 11 is 11.6. The summed E-state index contributed by atoms with van der Waals surface area (Å²) in [5.41, 5.74) is 5.75. The Balaban J connectivity index is 2.88. The minimum Gasteiger partial charge on any atom is -0.480 e. The molecule has 0 aliphatic carbocycles. The lowest BCUT2D eigenvalue weighted by Gasteiger charge is -2.14. The third-order valence-corrected chi connectivity index (χ3v) is 2.63. The zero-order valence-corrected chi connectivity index (χ0v) is 9.22. The van der Waals surface area contributed by atoms with Gasteiger partial charge >= 0.3 is 5.97 Å². The Morgan fingerprint density at radius 3 is 2.73 bits per heavy atom. The molecule has 6 heteroatoms. The predicted octanol–water partition coefficient (Wildman–Crippen LogP) is 1.82. The average Bonchev–Trinajstić information content (AvgIpc) is 2.19. The van der Waals surface area contributed by atoms with Crippen molar-refractivity contribution in [1.82, 2.24) is 0 Å². The number of rotatable bonds is 4. The van der Waals surface area contributed by atoms with E-state index < -0.39 is 12.0 Å². The number of hydrogen-bond donors (Lipinski definition) is 3. The fourth-order valence-corrected chi connectivity index (χ4v) is 1.38. The van der Waals surface area contributed by atoms with Crippen molar-refractivity contribution >= 4 is 34.9 Å². The third kappa shape index (κ3) is 2.99. The van der Waals surface area contributed by atoms with Gasteiger partial charge in [-0.25, -0.2) is 4.79 Å². The fourth-order valence-electron chi connectivity index (χ4n) is 1.02. The highest BCUT2D eigenvalue weighted by atomic mass is 35.5. The van der Waals surface area contributed by atoms with Gasteiger partial charge in [0.2, 0.25) is 0 Å². The maximum Gasteiger partial charge on any atom is 0.327 e. The first kappa shape index (κ1) is 12.1. The smallest absolute Gasteiger partial charge is 0.327 e. The van der Waals surface area contributed by atoms with Crippen molar-refractivity contribution in [2.24, 2.45) is 5.73 Å². The molecule has 1 atom stereocenters. The standard InChI is InChI=1S/C9H10Cl2N2O2/c10-5-2-1-3-6(8(5)11)13-7(4-12)9(14)15/h1-3,7,13H,4,12H2,(H,14,15). The van der Waals surface area contributed by atoms with E-state index in [-0.39, 0.29) is 6.54 Å². The van der Waals surface area contributed by atoms with Gasteiger partial charge in [0.1, 0.15) is 6.04 Å². The number of carboxylic acid groups (broad SMARTS) is 1. The van der Waals surface area contributed by atoms with Crippen molar-refractivity contribution in [3.05, 3.63) is 28.2 Å². The molecule has 0 bridgehead atoms. The van der Waals surface area contributed by atoms with Crippen LogP contribution in [0.15, 0.2) is 18.2 Å². The molecule has 0 saturated heterocycles. The number of halogens is 2. The van der Waals surface area contributed by atoms with Gasteiger partial charge in [-0.3, -0.25) is 0 Å². The second-order valence-electron chi connectivity index (χ2n) is 2.87. The van der Waals surface area contributed by atoms with Gasteiger partial charge in [-0.1, -0.05) is 29.3 Å². The molecule has 0 aliphatic rings. The Bertz CT molecular complexity index is 371. The van der Waals surface area contributed by atoms with Gasteiger partial charge in [-0.05, 0) is 12.1 Å². The zero-order chi connectivity index (χ0) is 11.4. The van der Waals surface area contributed by atoms with E-state index in [1.54, 1.807) is 18.2 Å². The van der Waals surface area contributed by atoms with Crippen LogP contribution in [-0.4, -0.2) is 23.7 Å². The number of benzene rings is 1. The highest BCUT2D eigenvalue weighted by Gasteiger charge is 2.16. The van der Waals surface area contributed by atoms with Crippen LogP contribution in [0.25, 0.3) is 0 Å². The summed E-state index contributed by atoms with van der Waals surface area (Å²) in [5, 5.41) is 12.1. The normalized spacial score (nSPS) is 12.2. The van der Waals surface area contributed by atoms with E-state index in [1.165, 1.54) is 0 Å². The predicted molar refractivity (Wildman–Crippen MR) is 60.6 cm³/mol. The van der Waals surface area contributed by atoms with Crippen LogP contribution >= 0.6 is 23.2 Å². The van der Waals surface area contributed by atoms with Crippen LogP contribution in [0, 0.1) is 0 Å². The van der Waals surface area contributed by atoms with Crippen molar-refractivity contribution < 1.29 is 9.90 Å². The van der Waals surface area contributed by atoms with Gasteiger partial charge in [0, 0.05) is 6.54 Å². The minimum absolute atomic E-state index is 0.0296. The number of aliphatic carboxylic acids is 1. The van der Waals surface area contributed by atoms with Crippen molar-refractivity contribution in [3.8, 4) is 0 Å². The molecule has 82 valence electrons. The van der Waals surface area contributed by atoms with Gasteiger partial charge in [0.05, 0.1) is 15.7 Å². The molecule has 4 nitrogen and oxygen atoms in total. The molecule has 15 heavy (non-hydrogen) atoms. The number of carbonyl (C=O) groups is 1. The number of hydrogen-bond acceptors (Lipinski definition) is 3. The summed E-state index contributed by atoms with van der Waals surface area (Å²) in [4.78, 5) is 10.7. The van der Waals surface area contributed by atoms with Crippen molar-refractivity contribution in [2.45, 2.75) is 6.04 Å². The Labute approximate surface area is 97.0 Å². The van der Waals surface area contributed by atoms with Gasteiger partial charge in [0.25, 0.3) is 0 Å². The maximum absolute atomic E-state index is 10.7. The second kappa shape index (κ2) is 5.21. The monoisotopic (exact) mass is 248 g/mol. The van der Waals surface area contributed by atoms with E-state index in [0.717, 1.165) is 0 Å². The minimum atomic E-state index is -1.03. The highest BCUT2D eigenvalue weighted by Crippen LogP contribution is 2.29. The van der Waals surface area contributed by atoms with Gasteiger partial charge in [-0.2, -0.15) is 0 Å². The van der Waals surface area contributed by atoms with Crippen LogP contribution in [0.3, 0.4) is 0 Å². The lowest BCUT2D eigenvalue weighted by Crippen LogP contribution is -2.36. The Morgan fingerprint density at radius 2 is 2.20 bits per heavy atom. The first-order valence-corrected chi connectivity index (χ1v) is 4.95. The molecule has 0 spiro atoms. The molecule has 1 aromatic rings. The number of anilines is 1. The van der Waals surface area contributed by atoms with Crippen molar-refractivity contribution in [1.29, 1.82) is 0 Å². The highest BCUT2D eigenvalue weighted by molar-refractivity contribution is 6.43. The van der Waals surface area contributed by atoms with E-state index >= 15 is 0 Å². The molecular weight excluding hydrogens is 239 g/mol. The molecule has 1 unspecified atom stereocenters. The quantitative estimate of drug-likeness (QED) is 0.760. The van der Waals surface area contributed by atoms with E-state index in [9.17, 15) is 4.79 Å². The summed E-state index contributed by atoms with van der Waals surface area (Å²) in [7, 11) is 0. The lowest BCUT2D eigenvalue weighted by atomic mass is 10.2. The van der Waals surface area contributed by atoms with Gasteiger partial charge < -0.3 is 16.2 Å². The summed E-state index contributed by atoms with van der Waals surface area (Å²) in [6.07, 6.45) is 0. The van der Waals surface area contributed by atoms with E-state index in [0.29, 0.717) is 15.7 Å². The molecule has 0 aromatic heterocycles. The number of nitrogens with one attached hydrogen (secondary N) is 1. The molecular formula is C9H10Cl2N2O2. The molecule has 0 saturated carbocycles. The van der Waals surface area contributed by atoms with Crippen molar-refractivity contribution in [3.63, 3.8) is 0 Å².